The normalized spacial score (nSPS) is 9.36. The van der Waals surface area contributed by atoms with Crippen molar-refractivity contribution in [2.75, 3.05) is 0 Å². The summed E-state index contributed by atoms with van der Waals surface area (Å²) < 4.78 is 29.0. The average molecular weight is 157 g/mol. The van der Waals surface area contributed by atoms with E-state index in [4.69, 9.17) is 5.02 Å². The molecule has 1 N–H and O–H groups in total. The zero-order chi connectivity index (χ0) is 8.27. The summed E-state index contributed by atoms with van der Waals surface area (Å²) in [6.07, 6.45) is 0. The van der Waals surface area contributed by atoms with Crippen LogP contribution in [0, 0.1) is 11.6 Å². The number of rotatable bonds is 2. The molecule has 0 aliphatic heterocycles. The molecule has 1 aromatic rings. The summed E-state index contributed by atoms with van der Waals surface area (Å²) in [5.41, 5.74) is 0. The Morgan fingerprint density at radius 3 is 2.64 bits per heavy atom. The number of benzene rings is 1. The van der Waals surface area contributed by atoms with Gasteiger partial charge in [0.15, 0.2) is 5.82 Å². The Balaban J connectivity index is 2.90. The molecule has 0 aliphatic rings. The molecule has 11 heavy (non-hydrogen) atoms. The van der Waals surface area contributed by atoms with E-state index in [0.717, 1.165) is 12.1 Å². The van der Waals surface area contributed by atoms with Crippen molar-refractivity contribution in [3.05, 3.63) is 29.8 Å². The molecule has 0 atom stereocenters. The van der Waals surface area contributed by atoms with E-state index in [-0.39, 0.29) is 5.75 Å². The predicted molar refractivity (Wildman–Crippen MR) is 35.0 cm³/mol. The van der Waals surface area contributed by atoms with E-state index in [9.17, 15) is 8.78 Å². The molecular formula is C6H4BF2O2. The van der Waals surface area contributed by atoms with Crippen LogP contribution < -0.4 is 4.65 Å². The fourth-order valence-corrected chi connectivity index (χ4v) is 0.628. The Morgan fingerprint density at radius 2 is 2.09 bits per heavy atom. The third-order valence-electron chi connectivity index (χ3n) is 1.07. The van der Waals surface area contributed by atoms with Crippen LogP contribution in [0.5, 0.6) is 5.75 Å². The number of hydrogen-bond acceptors (Lipinski definition) is 2. The maximum Gasteiger partial charge on any atom is 0.569 e. The van der Waals surface area contributed by atoms with Crippen LogP contribution in [0.15, 0.2) is 18.2 Å². The molecule has 0 amide bonds. The van der Waals surface area contributed by atoms with Gasteiger partial charge >= 0.3 is 7.69 Å². The van der Waals surface area contributed by atoms with E-state index in [0.29, 0.717) is 13.8 Å². The Hall–Kier alpha value is -1.10. The first-order chi connectivity index (χ1) is 5.24. The lowest BCUT2D eigenvalue weighted by Gasteiger charge is -2.01. The molecule has 57 valence electrons. The Bertz CT molecular complexity index is 254. The van der Waals surface area contributed by atoms with Gasteiger partial charge in [0, 0.05) is 6.07 Å². The van der Waals surface area contributed by atoms with E-state index in [1.54, 1.807) is 0 Å². The van der Waals surface area contributed by atoms with Gasteiger partial charge in [0.05, 0.1) is 0 Å². The van der Waals surface area contributed by atoms with Crippen LogP contribution in [0.4, 0.5) is 8.78 Å². The van der Waals surface area contributed by atoms with Gasteiger partial charge in [-0.05, 0) is 12.1 Å². The molecule has 0 heterocycles. The Labute approximate surface area is 62.7 Å². The van der Waals surface area contributed by atoms with Crippen LogP contribution in [-0.4, -0.2) is 12.7 Å². The summed E-state index contributed by atoms with van der Waals surface area (Å²) in [6, 6.07) is 2.78. The molecule has 0 aromatic heterocycles. The SMILES string of the molecule is O[B]Oc1ccc(F)cc1F. The van der Waals surface area contributed by atoms with Crippen LogP contribution in [-0.2, 0) is 0 Å². The molecule has 1 radical (unpaired) electrons. The van der Waals surface area contributed by atoms with Crippen molar-refractivity contribution in [3.8, 4) is 5.75 Å². The minimum atomic E-state index is -0.852. The van der Waals surface area contributed by atoms with E-state index in [1.165, 1.54) is 0 Å². The van der Waals surface area contributed by atoms with Gasteiger partial charge in [-0.1, -0.05) is 0 Å². The second kappa shape index (κ2) is 3.34. The summed E-state index contributed by atoms with van der Waals surface area (Å²) in [7, 11) is 0.330. The summed E-state index contributed by atoms with van der Waals surface area (Å²) >= 11 is 0. The van der Waals surface area contributed by atoms with E-state index < -0.39 is 11.6 Å². The molecule has 0 aliphatic carbocycles. The molecule has 0 saturated heterocycles. The van der Waals surface area contributed by atoms with E-state index in [1.807, 2.05) is 0 Å². The zero-order valence-corrected chi connectivity index (χ0v) is 5.42. The first kappa shape index (κ1) is 8.01. The van der Waals surface area contributed by atoms with E-state index in [2.05, 4.69) is 4.65 Å². The van der Waals surface area contributed by atoms with Gasteiger partial charge in [0.25, 0.3) is 0 Å². The molecule has 0 spiro atoms. The van der Waals surface area contributed by atoms with Crippen LogP contribution >= 0.6 is 0 Å². The van der Waals surface area contributed by atoms with Crippen LogP contribution in [0.3, 0.4) is 0 Å². The van der Waals surface area contributed by atoms with E-state index >= 15 is 0 Å². The highest BCUT2D eigenvalue weighted by Crippen LogP contribution is 2.16. The highest BCUT2D eigenvalue weighted by atomic mass is 19.1. The molecular weight excluding hydrogens is 153 g/mol. The van der Waals surface area contributed by atoms with Gasteiger partial charge in [0.2, 0.25) is 0 Å². The lowest BCUT2D eigenvalue weighted by Crippen LogP contribution is -2.01. The Kier molecular flexibility index (Phi) is 2.43. The van der Waals surface area contributed by atoms with Gasteiger partial charge in [-0.2, -0.15) is 0 Å². The molecule has 1 aromatic carbocycles. The monoisotopic (exact) mass is 157 g/mol. The molecule has 0 bridgehead atoms. The second-order valence-corrected chi connectivity index (χ2v) is 1.80. The summed E-state index contributed by atoms with van der Waals surface area (Å²) in [5.74, 6) is -1.75. The molecule has 0 fully saturated rings. The predicted octanol–water partition coefficient (Wildman–Crippen LogP) is 0.870. The van der Waals surface area contributed by atoms with Crippen molar-refractivity contribution in [1.29, 1.82) is 0 Å². The summed E-state index contributed by atoms with van der Waals surface area (Å²) in [4.78, 5) is 0. The van der Waals surface area contributed by atoms with Crippen LogP contribution in [0.25, 0.3) is 0 Å². The van der Waals surface area contributed by atoms with Crippen molar-refractivity contribution in [3.63, 3.8) is 0 Å². The van der Waals surface area contributed by atoms with Gasteiger partial charge < -0.3 is 9.68 Å². The summed E-state index contributed by atoms with van der Waals surface area (Å²) in [6.45, 7) is 0. The second-order valence-electron chi connectivity index (χ2n) is 1.80. The van der Waals surface area contributed by atoms with Crippen LogP contribution in [0.2, 0.25) is 0 Å². The maximum absolute atomic E-state index is 12.5. The minimum absolute atomic E-state index is 0.214. The van der Waals surface area contributed by atoms with Gasteiger partial charge in [-0.3, -0.25) is 0 Å². The smallest absolute Gasteiger partial charge is 0.535 e. The topological polar surface area (TPSA) is 29.5 Å². The molecule has 0 unspecified atom stereocenters. The fourth-order valence-electron chi connectivity index (χ4n) is 0.628. The maximum atomic E-state index is 12.5. The minimum Gasteiger partial charge on any atom is -0.535 e. The number of hydrogen-bond donors (Lipinski definition) is 1. The van der Waals surface area contributed by atoms with Crippen LogP contribution in [0.1, 0.15) is 0 Å². The summed E-state index contributed by atoms with van der Waals surface area (Å²) in [5, 5.41) is 8.11. The molecule has 2 nitrogen and oxygen atoms in total. The number of halogens is 2. The zero-order valence-electron chi connectivity index (χ0n) is 5.42. The largest absolute Gasteiger partial charge is 0.569 e. The van der Waals surface area contributed by atoms with Crippen molar-refractivity contribution in [2.24, 2.45) is 0 Å². The Morgan fingerprint density at radius 1 is 1.36 bits per heavy atom. The van der Waals surface area contributed by atoms with Crippen molar-refractivity contribution < 1.29 is 18.5 Å². The third-order valence-corrected chi connectivity index (χ3v) is 1.07. The molecule has 5 heteroatoms. The molecule has 1 rings (SSSR count). The lowest BCUT2D eigenvalue weighted by molar-refractivity contribution is 0.429. The van der Waals surface area contributed by atoms with Crippen molar-refractivity contribution >= 4 is 7.69 Å². The lowest BCUT2D eigenvalue weighted by atomic mass is 10.3. The quantitative estimate of drug-likeness (QED) is 0.645. The van der Waals surface area contributed by atoms with Crippen molar-refractivity contribution in [2.45, 2.75) is 0 Å². The highest BCUT2D eigenvalue weighted by Gasteiger charge is 2.03. The van der Waals surface area contributed by atoms with Gasteiger partial charge in [-0.15, -0.1) is 0 Å². The average Bonchev–Trinajstić information content (AvgIpc) is 1.95. The van der Waals surface area contributed by atoms with Gasteiger partial charge in [-0.25, -0.2) is 8.78 Å². The third kappa shape index (κ3) is 1.91. The van der Waals surface area contributed by atoms with Crippen molar-refractivity contribution in [1.82, 2.24) is 0 Å². The first-order valence-electron chi connectivity index (χ1n) is 2.81. The highest BCUT2D eigenvalue weighted by molar-refractivity contribution is 6.17. The first-order valence-corrected chi connectivity index (χ1v) is 2.81. The fraction of sp³-hybridized carbons (Fsp3) is 0. The molecule has 0 saturated carbocycles. The standard InChI is InChI=1S/C6H4BF2O2/c8-4-1-2-6(11-7-10)5(9)3-4/h1-3,10H. The van der Waals surface area contributed by atoms with Gasteiger partial charge in [0.1, 0.15) is 11.6 Å².